The van der Waals surface area contributed by atoms with Crippen LogP contribution >= 0.6 is 0 Å². The van der Waals surface area contributed by atoms with Crippen molar-refractivity contribution in [3.63, 3.8) is 0 Å². The van der Waals surface area contributed by atoms with Crippen LogP contribution in [-0.2, 0) is 33.1 Å². The summed E-state index contributed by atoms with van der Waals surface area (Å²) in [6.07, 6.45) is 3.73. The molecule has 0 fully saturated rings. The zero-order valence-corrected chi connectivity index (χ0v) is 18.6. The van der Waals surface area contributed by atoms with Gasteiger partial charge in [-0.05, 0) is 25.0 Å². The van der Waals surface area contributed by atoms with Gasteiger partial charge in [-0.25, -0.2) is 9.78 Å². The molecule has 2 aliphatic heterocycles. The Labute approximate surface area is 190 Å². The Balaban J connectivity index is 1.64. The van der Waals surface area contributed by atoms with E-state index >= 15 is 0 Å². The smallest absolute Gasteiger partial charge is 0.343 e. The van der Waals surface area contributed by atoms with Crippen molar-refractivity contribution in [2.75, 3.05) is 6.61 Å². The summed E-state index contributed by atoms with van der Waals surface area (Å²) in [4.78, 5) is 35.8. The zero-order valence-electron chi connectivity index (χ0n) is 18.6. The molecule has 2 aliphatic rings. The van der Waals surface area contributed by atoms with Crippen LogP contribution in [0.2, 0.25) is 0 Å². The standard InChI is InChI=1S/C25H25N3O5/c1-3-5-9-33-26-12-16-8-6-7-15-10-17-13-28-20(22(17)27-21(15)16)11-19-18(23(28)29)14-32-24(30)25(19,31)4-2/h6-8,10-12,31H,3-5,9,13-14H2,1-2H3/b26-12+/t25-/m0/s1. The molecule has 1 aromatic carbocycles. The van der Waals surface area contributed by atoms with Crippen molar-refractivity contribution in [3.05, 3.63) is 62.9 Å². The highest BCUT2D eigenvalue weighted by Gasteiger charge is 2.45. The predicted octanol–water partition coefficient (Wildman–Crippen LogP) is 3.23. The molecule has 3 aromatic rings. The molecule has 33 heavy (non-hydrogen) atoms. The first-order valence-corrected chi connectivity index (χ1v) is 11.2. The van der Waals surface area contributed by atoms with E-state index in [4.69, 9.17) is 14.6 Å². The second kappa shape index (κ2) is 8.12. The molecule has 0 saturated carbocycles. The third kappa shape index (κ3) is 3.33. The predicted molar refractivity (Wildman–Crippen MR) is 123 cm³/mol. The summed E-state index contributed by atoms with van der Waals surface area (Å²) >= 11 is 0. The second-order valence-corrected chi connectivity index (χ2v) is 8.44. The van der Waals surface area contributed by atoms with Gasteiger partial charge in [-0.1, -0.05) is 43.6 Å². The number of unbranched alkanes of at least 4 members (excludes halogenated alkanes) is 1. The van der Waals surface area contributed by atoms with Gasteiger partial charge in [0.15, 0.2) is 5.60 Å². The molecule has 5 rings (SSSR count). The van der Waals surface area contributed by atoms with Gasteiger partial charge in [-0.2, -0.15) is 0 Å². The molecule has 0 saturated heterocycles. The number of carbonyl (C=O) groups is 1. The maximum absolute atomic E-state index is 13.3. The Morgan fingerprint density at radius 2 is 2.15 bits per heavy atom. The molecule has 0 bridgehead atoms. The lowest BCUT2D eigenvalue weighted by Crippen LogP contribution is -2.44. The molecule has 0 radical (unpaired) electrons. The SMILES string of the molecule is CCCCO/N=C/c1cccc2cc3c(nc12)-c1cc2c(c(=O)n1C3)COC(=O)[C@]2(O)CC. The van der Waals surface area contributed by atoms with E-state index in [9.17, 15) is 14.7 Å². The maximum atomic E-state index is 13.3. The number of benzene rings is 1. The fourth-order valence-electron chi connectivity index (χ4n) is 4.49. The van der Waals surface area contributed by atoms with E-state index in [0.29, 0.717) is 35.7 Å². The van der Waals surface area contributed by atoms with Gasteiger partial charge in [0.1, 0.15) is 13.2 Å². The number of hydrogen-bond donors (Lipinski definition) is 1. The number of para-hydroxylation sites is 1. The fourth-order valence-corrected chi connectivity index (χ4v) is 4.49. The minimum atomic E-state index is -1.84. The molecule has 2 aromatic heterocycles. The first kappa shape index (κ1) is 21.3. The lowest BCUT2D eigenvalue weighted by atomic mass is 9.86. The number of oxime groups is 1. The molecule has 8 heteroatoms. The molecular weight excluding hydrogens is 422 g/mol. The summed E-state index contributed by atoms with van der Waals surface area (Å²) < 4.78 is 6.76. The van der Waals surface area contributed by atoms with E-state index in [-0.39, 0.29) is 18.6 Å². The van der Waals surface area contributed by atoms with Crippen molar-refractivity contribution in [1.29, 1.82) is 0 Å². The molecule has 4 heterocycles. The number of hydrogen-bond acceptors (Lipinski definition) is 7. The van der Waals surface area contributed by atoms with E-state index in [1.165, 1.54) is 0 Å². The maximum Gasteiger partial charge on any atom is 0.343 e. The quantitative estimate of drug-likeness (QED) is 0.211. The van der Waals surface area contributed by atoms with Gasteiger partial charge in [0.2, 0.25) is 0 Å². The first-order valence-electron chi connectivity index (χ1n) is 11.2. The van der Waals surface area contributed by atoms with E-state index < -0.39 is 11.6 Å². The van der Waals surface area contributed by atoms with Crippen LogP contribution in [0.1, 0.15) is 55.4 Å². The number of pyridine rings is 2. The topological polar surface area (TPSA) is 103 Å². The minimum Gasteiger partial charge on any atom is -0.458 e. The van der Waals surface area contributed by atoms with Crippen LogP contribution in [0.3, 0.4) is 0 Å². The third-order valence-electron chi connectivity index (χ3n) is 6.43. The number of cyclic esters (lactones) is 1. The van der Waals surface area contributed by atoms with Gasteiger partial charge in [0, 0.05) is 22.1 Å². The highest BCUT2D eigenvalue weighted by molar-refractivity contribution is 5.98. The van der Waals surface area contributed by atoms with Crippen LogP contribution in [0.25, 0.3) is 22.3 Å². The summed E-state index contributed by atoms with van der Waals surface area (Å²) in [5.74, 6) is -0.729. The van der Waals surface area contributed by atoms with Crippen LogP contribution in [0.15, 0.2) is 40.3 Å². The molecule has 1 atom stereocenters. The molecule has 1 N–H and O–H groups in total. The second-order valence-electron chi connectivity index (χ2n) is 8.44. The normalized spacial score (nSPS) is 18.8. The Hall–Kier alpha value is -3.52. The summed E-state index contributed by atoms with van der Waals surface area (Å²) in [5, 5.41) is 16.0. The van der Waals surface area contributed by atoms with E-state index in [0.717, 1.165) is 34.9 Å². The molecule has 0 aliphatic carbocycles. The highest BCUT2D eigenvalue weighted by Crippen LogP contribution is 2.38. The molecule has 0 spiro atoms. The van der Waals surface area contributed by atoms with Crippen molar-refractivity contribution >= 4 is 23.1 Å². The molecule has 8 nitrogen and oxygen atoms in total. The molecular formula is C25H25N3O5. The van der Waals surface area contributed by atoms with Gasteiger partial charge in [-0.15, -0.1) is 0 Å². The number of carbonyl (C=O) groups excluding carboxylic acids is 1. The average molecular weight is 447 g/mol. The lowest BCUT2D eigenvalue weighted by molar-refractivity contribution is -0.172. The summed E-state index contributed by atoms with van der Waals surface area (Å²) in [6.45, 7) is 4.57. The van der Waals surface area contributed by atoms with E-state index in [1.54, 1.807) is 23.8 Å². The Morgan fingerprint density at radius 1 is 1.30 bits per heavy atom. The third-order valence-corrected chi connectivity index (χ3v) is 6.43. The van der Waals surface area contributed by atoms with E-state index in [2.05, 4.69) is 12.1 Å². The Morgan fingerprint density at radius 3 is 2.94 bits per heavy atom. The number of esters is 1. The van der Waals surface area contributed by atoms with Crippen molar-refractivity contribution in [3.8, 4) is 11.4 Å². The van der Waals surface area contributed by atoms with Gasteiger partial charge < -0.3 is 19.2 Å². The van der Waals surface area contributed by atoms with Gasteiger partial charge in [0.25, 0.3) is 5.56 Å². The zero-order chi connectivity index (χ0) is 23.2. The Bertz CT molecular complexity index is 1360. The molecule has 170 valence electrons. The van der Waals surface area contributed by atoms with Crippen molar-refractivity contribution in [2.24, 2.45) is 5.16 Å². The number of fused-ring (bicyclic) bond motifs is 5. The van der Waals surface area contributed by atoms with Crippen molar-refractivity contribution in [2.45, 2.75) is 51.9 Å². The largest absolute Gasteiger partial charge is 0.458 e. The van der Waals surface area contributed by atoms with Crippen molar-refractivity contribution < 1.29 is 19.5 Å². The van der Waals surface area contributed by atoms with Crippen LogP contribution in [0.4, 0.5) is 0 Å². The number of rotatable bonds is 6. The lowest BCUT2D eigenvalue weighted by Gasteiger charge is -2.31. The Kier molecular flexibility index (Phi) is 5.25. The number of aromatic nitrogens is 2. The number of aliphatic hydroxyl groups is 1. The summed E-state index contributed by atoms with van der Waals surface area (Å²) in [6, 6.07) is 9.55. The number of nitrogens with zero attached hydrogens (tertiary/aromatic N) is 3. The average Bonchev–Trinajstić information content (AvgIpc) is 3.18. The minimum absolute atomic E-state index is 0.110. The van der Waals surface area contributed by atoms with Crippen LogP contribution < -0.4 is 5.56 Å². The summed E-state index contributed by atoms with van der Waals surface area (Å²) in [7, 11) is 0. The van der Waals surface area contributed by atoms with Crippen LogP contribution in [0.5, 0.6) is 0 Å². The monoisotopic (exact) mass is 447 g/mol. The van der Waals surface area contributed by atoms with Gasteiger partial charge in [-0.3, -0.25) is 4.79 Å². The fraction of sp³-hybridized carbons (Fsp3) is 0.360. The van der Waals surface area contributed by atoms with Crippen LogP contribution in [-0.4, -0.2) is 33.4 Å². The molecule has 0 unspecified atom stereocenters. The summed E-state index contributed by atoms with van der Waals surface area (Å²) in [5.41, 5.74) is 2.22. The van der Waals surface area contributed by atoms with Crippen LogP contribution in [0, 0.1) is 0 Å². The van der Waals surface area contributed by atoms with Gasteiger partial charge in [0.05, 0.1) is 35.2 Å². The highest BCUT2D eigenvalue weighted by atomic mass is 16.6. The van der Waals surface area contributed by atoms with Gasteiger partial charge >= 0.3 is 5.97 Å². The van der Waals surface area contributed by atoms with Crippen molar-refractivity contribution in [1.82, 2.24) is 9.55 Å². The molecule has 0 amide bonds. The first-order chi connectivity index (χ1) is 16.0. The number of ether oxygens (including phenoxy) is 1. The van der Waals surface area contributed by atoms with E-state index in [1.807, 2.05) is 24.3 Å².